The highest BCUT2D eigenvalue weighted by molar-refractivity contribution is 7.89. The number of nitrogens with one attached hydrogen (secondary N) is 1. The van der Waals surface area contributed by atoms with Gasteiger partial charge in [0.15, 0.2) is 0 Å². The summed E-state index contributed by atoms with van der Waals surface area (Å²) in [7, 11) is -3.58. The molecule has 23 heavy (non-hydrogen) atoms. The number of hydrogen-bond acceptors (Lipinski definition) is 4. The van der Waals surface area contributed by atoms with Crippen molar-refractivity contribution in [2.45, 2.75) is 31.2 Å². The van der Waals surface area contributed by atoms with Crippen LogP contribution in [0.2, 0.25) is 0 Å². The van der Waals surface area contributed by atoms with Gasteiger partial charge in [0.2, 0.25) is 10.0 Å². The Morgan fingerprint density at radius 2 is 1.61 bits per heavy atom. The van der Waals surface area contributed by atoms with E-state index in [1.807, 2.05) is 6.07 Å². The quantitative estimate of drug-likeness (QED) is 0.905. The Bertz CT molecular complexity index is 858. The third-order valence-electron chi connectivity index (χ3n) is 3.06. The summed E-state index contributed by atoms with van der Waals surface area (Å²) >= 11 is 0. The average Bonchev–Trinajstić information content (AvgIpc) is 2.45. The minimum absolute atomic E-state index is 0.0789. The lowest BCUT2D eigenvalue weighted by molar-refractivity contribution is 0.473. The Hall–Kier alpha value is -2.36. The minimum atomic E-state index is -3.58. The van der Waals surface area contributed by atoms with Crippen LogP contribution in [0.1, 0.15) is 26.3 Å². The lowest BCUT2D eigenvalue weighted by Gasteiger charge is -2.20. The predicted octanol–water partition coefficient (Wildman–Crippen LogP) is 3.01. The Balaban J connectivity index is 2.35. The Morgan fingerprint density at radius 3 is 2.13 bits per heavy atom. The molecule has 120 valence electrons. The number of rotatable bonds is 3. The van der Waals surface area contributed by atoms with Crippen LogP contribution in [0.15, 0.2) is 47.4 Å². The van der Waals surface area contributed by atoms with Gasteiger partial charge in [0, 0.05) is 5.54 Å². The van der Waals surface area contributed by atoms with Crippen molar-refractivity contribution in [3.05, 3.63) is 48.0 Å². The minimum Gasteiger partial charge on any atom is -0.507 e. The summed E-state index contributed by atoms with van der Waals surface area (Å²) < 4.78 is 27.1. The third-order valence-corrected chi connectivity index (χ3v) is 4.83. The second-order valence-electron chi connectivity index (χ2n) is 6.22. The average molecular weight is 330 g/mol. The van der Waals surface area contributed by atoms with Crippen molar-refractivity contribution in [2.75, 3.05) is 0 Å². The van der Waals surface area contributed by atoms with Crippen molar-refractivity contribution >= 4 is 10.0 Å². The summed E-state index contributed by atoms with van der Waals surface area (Å²) in [5.74, 6) is -0.0789. The van der Waals surface area contributed by atoms with E-state index >= 15 is 0 Å². The first-order valence-electron chi connectivity index (χ1n) is 7.00. The topological polar surface area (TPSA) is 90.2 Å². The fourth-order valence-corrected chi connectivity index (χ4v) is 3.51. The summed E-state index contributed by atoms with van der Waals surface area (Å²) in [5.41, 5.74) is 1.10. The number of nitrogens with zero attached hydrogens (tertiary/aromatic N) is 1. The Labute approximate surface area is 136 Å². The molecule has 2 aromatic carbocycles. The zero-order valence-electron chi connectivity index (χ0n) is 13.2. The fraction of sp³-hybridized carbons (Fsp3) is 0.235. The third kappa shape index (κ3) is 4.09. The van der Waals surface area contributed by atoms with Gasteiger partial charge in [-0.15, -0.1) is 0 Å². The fourth-order valence-electron chi connectivity index (χ4n) is 2.09. The van der Waals surface area contributed by atoms with Gasteiger partial charge in [0.1, 0.15) is 11.8 Å². The molecule has 0 atom stereocenters. The number of benzene rings is 2. The molecular formula is C17H18N2O3S. The highest BCUT2D eigenvalue weighted by Gasteiger charge is 2.21. The van der Waals surface area contributed by atoms with Gasteiger partial charge >= 0.3 is 0 Å². The molecule has 0 aromatic heterocycles. The van der Waals surface area contributed by atoms with Crippen LogP contribution < -0.4 is 4.72 Å². The van der Waals surface area contributed by atoms with Crippen molar-refractivity contribution in [3.8, 4) is 22.9 Å². The molecule has 0 unspecified atom stereocenters. The molecule has 0 saturated heterocycles. The van der Waals surface area contributed by atoms with E-state index in [4.69, 9.17) is 5.26 Å². The van der Waals surface area contributed by atoms with Gasteiger partial charge in [-0.25, -0.2) is 13.1 Å². The van der Waals surface area contributed by atoms with Crippen LogP contribution in [0, 0.1) is 11.3 Å². The largest absolute Gasteiger partial charge is 0.507 e. The Morgan fingerprint density at radius 1 is 1.04 bits per heavy atom. The van der Waals surface area contributed by atoms with Crippen molar-refractivity contribution < 1.29 is 13.5 Å². The van der Waals surface area contributed by atoms with E-state index in [-0.39, 0.29) is 16.2 Å². The van der Waals surface area contributed by atoms with Gasteiger partial charge in [-0.05, 0) is 56.2 Å². The SMILES string of the molecule is CC(C)(C)NS(=O)(=O)c1ccc(-c2ccc(O)c(C#N)c2)cc1. The van der Waals surface area contributed by atoms with Gasteiger partial charge in [-0.2, -0.15) is 5.26 Å². The van der Waals surface area contributed by atoms with E-state index in [2.05, 4.69) is 4.72 Å². The zero-order chi connectivity index (χ0) is 17.3. The lowest BCUT2D eigenvalue weighted by atomic mass is 10.0. The van der Waals surface area contributed by atoms with Crippen LogP contribution in [-0.4, -0.2) is 19.1 Å². The molecular weight excluding hydrogens is 312 g/mol. The van der Waals surface area contributed by atoms with Crippen LogP contribution in [0.25, 0.3) is 11.1 Å². The van der Waals surface area contributed by atoms with Crippen LogP contribution in [-0.2, 0) is 10.0 Å². The molecule has 2 aromatic rings. The molecule has 0 amide bonds. The van der Waals surface area contributed by atoms with Gasteiger partial charge in [-0.1, -0.05) is 18.2 Å². The first kappa shape index (κ1) is 17.0. The summed E-state index contributed by atoms with van der Waals surface area (Å²) in [5, 5.41) is 18.5. The van der Waals surface area contributed by atoms with Crippen molar-refractivity contribution in [2.24, 2.45) is 0 Å². The molecule has 0 fully saturated rings. The van der Waals surface area contributed by atoms with Crippen LogP contribution >= 0.6 is 0 Å². The number of phenolic OH excluding ortho intramolecular Hbond substituents is 1. The monoisotopic (exact) mass is 330 g/mol. The highest BCUT2D eigenvalue weighted by Crippen LogP contribution is 2.26. The van der Waals surface area contributed by atoms with Crippen LogP contribution in [0.3, 0.4) is 0 Å². The highest BCUT2D eigenvalue weighted by atomic mass is 32.2. The maximum atomic E-state index is 12.3. The van der Waals surface area contributed by atoms with E-state index in [9.17, 15) is 13.5 Å². The predicted molar refractivity (Wildman–Crippen MR) is 88.3 cm³/mol. The van der Waals surface area contributed by atoms with Gasteiger partial charge in [0.05, 0.1) is 10.5 Å². The molecule has 0 aliphatic carbocycles. The molecule has 0 aliphatic heterocycles. The van der Waals surface area contributed by atoms with Crippen molar-refractivity contribution in [3.63, 3.8) is 0 Å². The molecule has 0 spiro atoms. The second-order valence-corrected chi connectivity index (χ2v) is 7.91. The van der Waals surface area contributed by atoms with Gasteiger partial charge < -0.3 is 5.11 Å². The summed E-state index contributed by atoms with van der Waals surface area (Å²) in [6.07, 6.45) is 0. The molecule has 0 aliphatic rings. The summed E-state index contributed by atoms with van der Waals surface area (Å²) in [4.78, 5) is 0.176. The molecule has 6 heteroatoms. The molecule has 0 bridgehead atoms. The van der Waals surface area contributed by atoms with E-state index < -0.39 is 15.6 Å². The molecule has 0 heterocycles. The lowest BCUT2D eigenvalue weighted by Crippen LogP contribution is -2.40. The van der Waals surface area contributed by atoms with E-state index in [1.165, 1.54) is 18.2 Å². The first-order chi connectivity index (χ1) is 10.6. The maximum Gasteiger partial charge on any atom is 0.241 e. The summed E-state index contributed by atoms with van der Waals surface area (Å²) in [6.45, 7) is 5.33. The van der Waals surface area contributed by atoms with Crippen molar-refractivity contribution in [1.82, 2.24) is 4.72 Å². The van der Waals surface area contributed by atoms with E-state index in [0.29, 0.717) is 0 Å². The number of sulfonamides is 1. The first-order valence-corrected chi connectivity index (χ1v) is 8.48. The molecule has 5 nitrogen and oxygen atoms in total. The second kappa shape index (κ2) is 6.03. The Kier molecular flexibility index (Phi) is 4.46. The molecule has 2 N–H and O–H groups in total. The molecule has 2 rings (SSSR count). The number of aromatic hydroxyl groups is 1. The normalized spacial score (nSPS) is 11.9. The van der Waals surface area contributed by atoms with Gasteiger partial charge in [0.25, 0.3) is 0 Å². The smallest absolute Gasteiger partial charge is 0.241 e. The number of phenols is 1. The van der Waals surface area contributed by atoms with Gasteiger partial charge in [-0.3, -0.25) is 0 Å². The summed E-state index contributed by atoms with van der Waals surface area (Å²) in [6, 6.07) is 13.0. The molecule has 0 radical (unpaired) electrons. The zero-order valence-corrected chi connectivity index (χ0v) is 14.0. The molecule has 0 saturated carbocycles. The maximum absolute atomic E-state index is 12.3. The van der Waals surface area contributed by atoms with Crippen LogP contribution in [0.4, 0.5) is 0 Å². The van der Waals surface area contributed by atoms with E-state index in [1.54, 1.807) is 45.0 Å². The van der Waals surface area contributed by atoms with Crippen LogP contribution in [0.5, 0.6) is 5.75 Å². The number of nitriles is 1. The van der Waals surface area contributed by atoms with Crippen molar-refractivity contribution in [1.29, 1.82) is 5.26 Å². The number of hydrogen-bond donors (Lipinski definition) is 2. The van der Waals surface area contributed by atoms with E-state index in [0.717, 1.165) is 11.1 Å². The standard InChI is InChI=1S/C17H18N2O3S/c1-17(2,3)19-23(21,22)15-7-4-12(5-8-15)13-6-9-16(20)14(10-13)11-18/h4-10,19-20H,1-3H3.